The number of hydrogen-bond donors (Lipinski definition) is 2. The van der Waals surface area contributed by atoms with Crippen LogP contribution in [0.25, 0.3) is 0 Å². The fourth-order valence-electron chi connectivity index (χ4n) is 1.56. The zero-order chi connectivity index (χ0) is 12.4. The molecule has 4 heteroatoms. The van der Waals surface area contributed by atoms with Gasteiger partial charge in [-0.05, 0) is 52.7 Å². The Morgan fingerprint density at radius 2 is 2.00 bits per heavy atom. The van der Waals surface area contributed by atoms with Crippen molar-refractivity contribution in [1.82, 2.24) is 0 Å². The van der Waals surface area contributed by atoms with Gasteiger partial charge in [-0.2, -0.15) is 0 Å². The monoisotopic (exact) mass is 310 g/mol. The van der Waals surface area contributed by atoms with Crippen LogP contribution in [0, 0.1) is 6.92 Å². The van der Waals surface area contributed by atoms with Crippen LogP contribution in [0.5, 0.6) is 0 Å². The van der Waals surface area contributed by atoms with Crippen LogP contribution in [0.2, 0.25) is 5.02 Å². The largest absolute Gasteiger partial charge is 0.399 e. The zero-order valence-corrected chi connectivity index (χ0v) is 11.6. The van der Waals surface area contributed by atoms with Gasteiger partial charge in [-0.25, -0.2) is 0 Å². The molecule has 0 atom stereocenters. The molecule has 0 aliphatic rings. The number of nitrogens with one attached hydrogen (secondary N) is 1. The van der Waals surface area contributed by atoms with Crippen molar-refractivity contribution in [2.75, 3.05) is 11.1 Å². The van der Waals surface area contributed by atoms with E-state index in [-0.39, 0.29) is 0 Å². The van der Waals surface area contributed by atoms with Crippen molar-refractivity contribution < 1.29 is 0 Å². The van der Waals surface area contributed by atoms with Crippen molar-refractivity contribution in [2.24, 2.45) is 0 Å². The van der Waals surface area contributed by atoms with Crippen molar-refractivity contribution in [1.29, 1.82) is 0 Å². The van der Waals surface area contributed by atoms with Gasteiger partial charge in [0.1, 0.15) is 0 Å². The fourth-order valence-corrected chi connectivity index (χ4v) is 2.32. The standard InChI is InChI=1S/C13H12BrClN2/c1-8-3-2-4-11(15)13(8)17-12-6-5-9(16)7-10(12)14/h2-7,17H,16H2,1H3. The summed E-state index contributed by atoms with van der Waals surface area (Å²) in [7, 11) is 0. The molecule has 17 heavy (non-hydrogen) atoms. The number of halogens is 2. The number of para-hydroxylation sites is 1. The van der Waals surface area contributed by atoms with E-state index >= 15 is 0 Å². The number of aryl methyl sites for hydroxylation is 1. The molecule has 0 bridgehead atoms. The summed E-state index contributed by atoms with van der Waals surface area (Å²) in [4.78, 5) is 0. The van der Waals surface area contributed by atoms with E-state index < -0.39 is 0 Å². The lowest BCUT2D eigenvalue weighted by Gasteiger charge is -2.13. The first-order chi connectivity index (χ1) is 8.08. The highest BCUT2D eigenvalue weighted by atomic mass is 79.9. The molecule has 2 rings (SSSR count). The molecule has 88 valence electrons. The Morgan fingerprint density at radius 3 is 2.65 bits per heavy atom. The smallest absolute Gasteiger partial charge is 0.0643 e. The van der Waals surface area contributed by atoms with Crippen molar-refractivity contribution in [3.8, 4) is 0 Å². The minimum atomic E-state index is 0.703. The van der Waals surface area contributed by atoms with Crippen molar-refractivity contribution in [2.45, 2.75) is 6.92 Å². The summed E-state index contributed by atoms with van der Waals surface area (Å²) in [5, 5.41) is 4.00. The molecule has 2 aromatic rings. The minimum absolute atomic E-state index is 0.703. The third-order valence-electron chi connectivity index (χ3n) is 2.47. The molecular formula is C13H12BrClN2. The lowest BCUT2D eigenvalue weighted by atomic mass is 10.2. The molecule has 0 aliphatic heterocycles. The first-order valence-corrected chi connectivity index (χ1v) is 6.32. The average Bonchev–Trinajstić information content (AvgIpc) is 2.26. The van der Waals surface area contributed by atoms with Gasteiger partial charge >= 0.3 is 0 Å². The summed E-state index contributed by atoms with van der Waals surface area (Å²) in [6, 6.07) is 11.4. The summed E-state index contributed by atoms with van der Waals surface area (Å²) in [5.41, 5.74) is 9.37. The van der Waals surface area contributed by atoms with E-state index in [0.717, 1.165) is 27.1 Å². The summed E-state index contributed by atoms with van der Waals surface area (Å²) in [6.45, 7) is 2.01. The quantitative estimate of drug-likeness (QED) is 0.786. The molecule has 0 aromatic heterocycles. The van der Waals surface area contributed by atoms with Gasteiger partial charge in [0.25, 0.3) is 0 Å². The molecule has 0 saturated carbocycles. The Kier molecular flexibility index (Phi) is 3.60. The summed E-state index contributed by atoms with van der Waals surface area (Å²) < 4.78 is 0.914. The van der Waals surface area contributed by atoms with E-state index in [2.05, 4.69) is 21.2 Å². The summed E-state index contributed by atoms with van der Waals surface area (Å²) in [5.74, 6) is 0. The third kappa shape index (κ3) is 2.73. The number of nitrogens with two attached hydrogens (primary N) is 1. The zero-order valence-electron chi connectivity index (χ0n) is 9.30. The highest BCUT2D eigenvalue weighted by Crippen LogP contribution is 2.32. The summed E-state index contributed by atoms with van der Waals surface area (Å²) in [6.07, 6.45) is 0. The van der Waals surface area contributed by atoms with Crippen molar-refractivity contribution in [3.63, 3.8) is 0 Å². The predicted molar refractivity (Wildman–Crippen MR) is 78.0 cm³/mol. The lowest BCUT2D eigenvalue weighted by Crippen LogP contribution is -1.96. The second-order valence-corrected chi connectivity index (χ2v) is 5.06. The van der Waals surface area contributed by atoms with Crippen molar-refractivity contribution >= 4 is 44.6 Å². The first kappa shape index (κ1) is 12.3. The maximum Gasteiger partial charge on any atom is 0.0643 e. The molecule has 0 unspecified atom stereocenters. The second kappa shape index (κ2) is 4.98. The lowest BCUT2D eigenvalue weighted by molar-refractivity contribution is 1.42. The van der Waals surface area contributed by atoms with Gasteiger partial charge in [-0.3, -0.25) is 0 Å². The Hall–Kier alpha value is -1.19. The molecule has 0 aliphatic carbocycles. The number of benzene rings is 2. The molecule has 2 nitrogen and oxygen atoms in total. The molecule has 0 saturated heterocycles. The Labute approximate surface area is 114 Å². The van der Waals surface area contributed by atoms with E-state index in [1.54, 1.807) is 0 Å². The fraction of sp³-hybridized carbons (Fsp3) is 0.0769. The highest BCUT2D eigenvalue weighted by Gasteiger charge is 2.06. The van der Waals surface area contributed by atoms with Crippen LogP contribution in [-0.2, 0) is 0 Å². The normalized spacial score (nSPS) is 10.3. The third-order valence-corrected chi connectivity index (χ3v) is 3.45. The van der Waals surface area contributed by atoms with E-state index in [0.29, 0.717) is 5.02 Å². The van der Waals surface area contributed by atoms with Crippen LogP contribution in [-0.4, -0.2) is 0 Å². The van der Waals surface area contributed by atoms with Crippen LogP contribution in [0.15, 0.2) is 40.9 Å². The Morgan fingerprint density at radius 1 is 1.24 bits per heavy atom. The van der Waals surface area contributed by atoms with Gasteiger partial charge in [0.15, 0.2) is 0 Å². The number of anilines is 3. The van der Waals surface area contributed by atoms with Crippen LogP contribution in [0.4, 0.5) is 17.1 Å². The Balaban J connectivity index is 2.38. The molecular weight excluding hydrogens is 300 g/mol. The SMILES string of the molecule is Cc1cccc(Cl)c1Nc1ccc(N)cc1Br. The number of nitrogen functional groups attached to an aromatic ring is 1. The predicted octanol–water partition coefficient (Wildman–Crippen LogP) is 4.74. The van der Waals surface area contributed by atoms with Gasteiger partial charge in [0.05, 0.1) is 16.4 Å². The summed E-state index contributed by atoms with van der Waals surface area (Å²) >= 11 is 9.63. The number of hydrogen-bond acceptors (Lipinski definition) is 2. The second-order valence-electron chi connectivity index (χ2n) is 3.80. The highest BCUT2D eigenvalue weighted by molar-refractivity contribution is 9.10. The molecule has 2 aromatic carbocycles. The van der Waals surface area contributed by atoms with Crippen LogP contribution < -0.4 is 11.1 Å². The van der Waals surface area contributed by atoms with E-state index in [1.807, 2.05) is 43.3 Å². The van der Waals surface area contributed by atoms with Gasteiger partial charge < -0.3 is 11.1 Å². The Bertz CT molecular complexity index is 535. The maximum absolute atomic E-state index is 6.16. The molecule has 0 spiro atoms. The minimum Gasteiger partial charge on any atom is -0.399 e. The van der Waals surface area contributed by atoms with Gasteiger partial charge in [-0.1, -0.05) is 23.7 Å². The van der Waals surface area contributed by atoms with Gasteiger partial charge in [-0.15, -0.1) is 0 Å². The average molecular weight is 312 g/mol. The molecule has 0 amide bonds. The van der Waals surface area contributed by atoms with Crippen LogP contribution >= 0.6 is 27.5 Å². The molecule has 0 radical (unpaired) electrons. The number of rotatable bonds is 2. The van der Waals surface area contributed by atoms with E-state index in [4.69, 9.17) is 17.3 Å². The van der Waals surface area contributed by atoms with Crippen LogP contribution in [0.1, 0.15) is 5.56 Å². The van der Waals surface area contributed by atoms with Crippen LogP contribution in [0.3, 0.4) is 0 Å². The topological polar surface area (TPSA) is 38.0 Å². The van der Waals surface area contributed by atoms with Crippen molar-refractivity contribution in [3.05, 3.63) is 51.5 Å². The van der Waals surface area contributed by atoms with E-state index in [9.17, 15) is 0 Å². The first-order valence-electron chi connectivity index (χ1n) is 5.15. The molecule has 3 N–H and O–H groups in total. The molecule has 0 fully saturated rings. The van der Waals surface area contributed by atoms with Gasteiger partial charge in [0.2, 0.25) is 0 Å². The maximum atomic E-state index is 6.16. The molecule has 0 heterocycles. The van der Waals surface area contributed by atoms with Gasteiger partial charge in [0, 0.05) is 10.2 Å². The van der Waals surface area contributed by atoms with E-state index in [1.165, 1.54) is 0 Å².